The van der Waals surface area contributed by atoms with Crippen molar-refractivity contribution in [2.45, 2.75) is 20.8 Å². The third-order valence-corrected chi connectivity index (χ3v) is 3.07. The molecule has 0 amide bonds. The second kappa shape index (κ2) is 3.80. The molecule has 88 valence electrons. The summed E-state index contributed by atoms with van der Waals surface area (Å²) in [6, 6.07) is 0. The van der Waals surface area contributed by atoms with Crippen LogP contribution in [0.15, 0.2) is 6.08 Å². The van der Waals surface area contributed by atoms with Crippen molar-refractivity contribution < 1.29 is 14.7 Å². The van der Waals surface area contributed by atoms with Crippen LogP contribution in [-0.2, 0) is 0 Å². The van der Waals surface area contributed by atoms with Crippen molar-refractivity contribution in [1.82, 2.24) is 4.98 Å². The molecular weight excluding hydrogens is 218 g/mol. The smallest absolute Gasteiger partial charge is 0.337 e. The van der Waals surface area contributed by atoms with Gasteiger partial charge in [-0.1, -0.05) is 13.0 Å². The number of carbonyl (C=O) groups excluding carboxylic acids is 1. The van der Waals surface area contributed by atoms with Gasteiger partial charge < -0.3 is 5.11 Å². The number of nitrogens with zero attached hydrogens (tertiary/aromatic N) is 1. The van der Waals surface area contributed by atoms with Gasteiger partial charge in [-0.3, -0.25) is 9.78 Å². The minimum Gasteiger partial charge on any atom is -0.478 e. The Balaban J connectivity index is 2.78. The lowest BCUT2D eigenvalue weighted by Crippen LogP contribution is -2.20. The first-order chi connectivity index (χ1) is 7.93. The highest BCUT2D eigenvalue weighted by molar-refractivity contribution is 6.07. The van der Waals surface area contributed by atoms with Crippen LogP contribution in [0.4, 0.5) is 0 Å². The largest absolute Gasteiger partial charge is 0.478 e. The van der Waals surface area contributed by atoms with Crippen molar-refractivity contribution in [3.05, 3.63) is 34.2 Å². The summed E-state index contributed by atoms with van der Waals surface area (Å²) < 4.78 is 0. The van der Waals surface area contributed by atoms with Gasteiger partial charge in [0.25, 0.3) is 0 Å². The Hall–Kier alpha value is -1.97. The zero-order chi connectivity index (χ0) is 12.7. The van der Waals surface area contributed by atoms with E-state index in [-0.39, 0.29) is 17.3 Å². The summed E-state index contributed by atoms with van der Waals surface area (Å²) >= 11 is 0. The van der Waals surface area contributed by atoms with E-state index in [2.05, 4.69) is 4.98 Å². The number of aromatic carboxylic acids is 1. The fourth-order valence-corrected chi connectivity index (χ4v) is 2.18. The van der Waals surface area contributed by atoms with Gasteiger partial charge in [0.15, 0.2) is 5.78 Å². The molecule has 1 aliphatic rings. The van der Waals surface area contributed by atoms with E-state index in [0.717, 1.165) is 0 Å². The van der Waals surface area contributed by atoms with Gasteiger partial charge in [-0.25, -0.2) is 4.79 Å². The molecule has 1 aliphatic carbocycles. The number of rotatable bonds is 1. The number of allylic oxidation sites excluding steroid dienone is 1. The van der Waals surface area contributed by atoms with Crippen molar-refractivity contribution in [3.8, 4) is 0 Å². The molecule has 1 aromatic rings. The summed E-state index contributed by atoms with van der Waals surface area (Å²) in [5.74, 6) is -1.31. The standard InChI is InChI=1S/C13H13NO3/c1-6-4-5-9-11(12(6)15)7(2)10(13(16)17)8(3)14-9/h4-6H,1-3H3,(H,16,17). The van der Waals surface area contributed by atoms with Crippen LogP contribution in [0.5, 0.6) is 0 Å². The van der Waals surface area contributed by atoms with Crippen LogP contribution >= 0.6 is 0 Å². The van der Waals surface area contributed by atoms with Crippen molar-refractivity contribution >= 4 is 17.8 Å². The number of carbonyl (C=O) groups is 2. The molecule has 1 aromatic heterocycles. The van der Waals surface area contributed by atoms with E-state index in [1.807, 2.05) is 0 Å². The first kappa shape index (κ1) is 11.5. The van der Waals surface area contributed by atoms with E-state index in [9.17, 15) is 9.59 Å². The number of ketones is 1. The van der Waals surface area contributed by atoms with Gasteiger partial charge >= 0.3 is 5.97 Å². The van der Waals surface area contributed by atoms with Crippen LogP contribution in [0.1, 0.15) is 44.6 Å². The number of carboxylic acids is 1. The van der Waals surface area contributed by atoms with Gasteiger partial charge in [-0.05, 0) is 25.5 Å². The molecule has 4 heteroatoms. The molecule has 0 spiro atoms. The first-order valence-electron chi connectivity index (χ1n) is 5.40. The third kappa shape index (κ3) is 1.65. The highest BCUT2D eigenvalue weighted by Crippen LogP contribution is 2.27. The second-order valence-corrected chi connectivity index (χ2v) is 4.27. The SMILES string of the molecule is Cc1nc2c(c(C)c1C(=O)O)C(=O)C(C)C=C2. The molecule has 0 saturated carbocycles. The zero-order valence-electron chi connectivity index (χ0n) is 9.94. The highest BCUT2D eigenvalue weighted by atomic mass is 16.4. The van der Waals surface area contributed by atoms with Crippen LogP contribution in [0.25, 0.3) is 6.08 Å². The Morgan fingerprint density at radius 1 is 1.41 bits per heavy atom. The molecule has 0 fully saturated rings. The molecule has 4 nitrogen and oxygen atoms in total. The van der Waals surface area contributed by atoms with Gasteiger partial charge in [0.2, 0.25) is 0 Å². The molecular formula is C13H13NO3. The average molecular weight is 231 g/mol. The highest BCUT2D eigenvalue weighted by Gasteiger charge is 2.27. The fraction of sp³-hybridized carbons (Fsp3) is 0.308. The molecule has 17 heavy (non-hydrogen) atoms. The topological polar surface area (TPSA) is 67.3 Å². The number of carboxylic acid groups (broad SMARTS) is 1. The summed E-state index contributed by atoms with van der Waals surface area (Å²) in [6.07, 6.45) is 3.57. The fourth-order valence-electron chi connectivity index (χ4n) is 2.18. The molecule has 1 atom stereocenters. The van der Waals surface area contributed by atoms with Crippen LogP contribution in [0.3, 0.4) is 0 Å². The number of fused-ring (bicyclic) bond motifs is 1. The Kier molecular flexibility index (Phi) is 2.58. The summed E-state index contributed by atoms with van der Waals surface area (Å²) in [6.45, 7) is 5.11. The molecule has 0 bridgehead atoms. The molecule has 1 heterocycles. The molecule has 0 aromatic carbocycles. The van der Waals surface area contributed by atoms with Crippen LogP contribution in [0.2, 0.25) is 0 Å². The van der Waals surface area contributed by atoms with Crippen LogP contribution in [0, 0.1) is 19.8 Å². The molecule has 0 radical (unpaired) electrons. The summed E-state index contributed by atoms with van der Waals surface area (Å²) in [5.41, 5.74) is 2.12. The molecule has 0 saturated heterocycles. The maximum absolute atomic E-state index is 12.0. The summed E-state index contributed by atoms with van der Waals surface area (Å²) in [4.78, 5) is 27.4. The summed E-state index contributed by atoms with van der Waals surface area (Å²) in [5, 5.41) is 9.13. The monoisotopic (exact) mass is 231 g/mol. The van der Waals surface area contributed by atoms with Gasteiger partial charge in [-0.15, -0.1) is 0 Å². The Morgan fingerprint density at radius 3 is 2.65 bits per heavy atom. The van der Waals surface area contributed by atoms with E-state index < -0.39 is 5.97 Å². The predicted molar refractivity (Wildman–Crippen MR) is 63.2 cm³/mol. The number of aryl methyl sites for hydroxylation is 1. The third-order valence-electron chi connectivity index (χ3n) is 3.07. The predicted octanol–water partition coefficient (Wildman–Crippen LogP) is 2.24. The first-order valence-corrected chi connectivity index (χ1v) is 5.40. The molecule has 0 aliphatic heterocycles. The van der Waals surface area contributed by atoms with Crippen molar-refractivity contribution in [2.75, 3.05) is 0 Å². The summed E-state index contributed by atoms with van der Waals surface area (Å²) in [7, 11) is 0. The molecule has 1 unspecified atom stereocenters. The van der Waals surface area contributed by atoms with Gasteiger partial charge in [0, 0.05) is 11.5 Å². The zero-order valence-corrected chi connectivity index (χ0v) is 9.94. The van der Waals surface area contributed by atoms with Crippen LogP contribution < -0.4 is 0 Å². The van der Waals surface area contributed by atoms with Crippen LogP contribution in [-0.4, -0.2) is 21.8 Å². The number of hydrogen-bond acceptors (Lipinski definition) is 3. The number of pyridine rings is 1. The van der Waals surface area contributed by atoms with Crippen molar-refractivity contribution in [3.63, 3.8) is 0 Å². The average Bonchev–Trinajstić information content (AvgIpc) is 2.22. The Bertz CT molecular complexity index is 558. The van der Waals surface area contributed by atoms with E-state index >= 15 is 0 Å². The van der Waals surface area contributed by atoms with Gasteiger partial charge in [0.05, 0.1) is 17.0 Å². The van der Waals surface area contributed by atoms with Crippen molar-refractivity contribution in [2.24, 2.45) is 5.92 Å². The normalized spacial score (nSPS) is 18.1. The van der Waals surface area contributed by atoms with E-state index in [1.54, 1.807) is 32.9 Å². The van der Waals surface area contributed by atoms with Crippen molar-refractivity contribution in [1.29, 1.82) is 0 Å². The number of aromatic nitrogens is 1. The second-order valence-electron chi connectivity index (χ2n) is 4.27. The van der Waals surface area contributed by atoms with E-state index in [4.69, 9.17) is 5.11 Å². The van der Waals surface area contributed by atoms with E-state index in [0.29, 0.717) is 22.5 Å². The lowest BCUT2D eigenvalue weighted by molar-refractivity contribution is 0.0694. The Labute approximate surface area is 99.0 Å². The Morgan fingerprint density at radius 2 is 2.06 bits per heavy atom. The van der Waals surface area contributed by atoms with Gasteiger partial charge in [0.1, 0.15) is 0 Å². The number of hydrogen-bond donors (Lipinski definition) is 1. The minimum absolute atomic E-state index is 0.0602. The molecule has 1 N–H and O–H groups in total. The lowest BCUT2D eigenvalue weighted by atomic mass is 9.87. The van der Waals surface area contributed by atoms with E-state index in [1.165, 1.54) is 0 Å². The lowest BCUT2D eigenvalue weighted by Gasteiger charge is -2.18. The number of Topliss-reactive ketones (excluding diaryl/α,β-unsaturated/α-hetero) is 1. The maximum atomic E-state index is 12.0. The minimum atomic E-state index is -1.04. The molecule has 2 rings (SSSR count). The quantitative estimate of drug-likeness (QED) is 0.804. The maximum Gasteiger partial charge on any atom is 0.337 e. The van der Waals surface area contributed by atoms with Gasteiger partial charge in [-0.2, -0.15) is 0 Å².